The van der Waals surface area contributed by atoms with Crippen molar-refractivity contribution < 1.29 is 9.59 Å². The molecule has 0 aliphatic carbocycles. The van der Waals surface area contributed by atoms with E-state index in [4.69, 9.17) is 0 Å². The second-order valence-electron chi connectivity index (χ2n) is 3.88. The largest absolute Gasteiger partial charge is 0.324 e. The van der Waals surface area contributed by atoms with Crippen LogP contribution in [-0.4, -0.2) is 38.6 Å². The maximum Gasteiger partial charge on any atom is 0.324 e. The highest BCUT2D eigenvalue weighted by atomic mass is 32.2. The summed E-state index contributed by atoms with van der Waals surface area (Å²) in [5.41, 5.74) is 0. The Morgan fingerprint density at radius 1 is 0.941 bits per heavy atom. The molecular weight excluding hydrogens is 256 g/mol. The minimum absolute atomic E-state index is 0.366. The van der Waals surface area contributed by atoms with Crippen LogP contribution in [0.25, 0.3) is 0 Å². The molecule has 0 saturated carbocycles. The summed E-state index contributed by atoms with van der Waals surface area (Å²) in [5.74, 6) is 1.08. The molecule has 17 heavy (non-hydrogen) atoms. The van der Waals surface area contributed by atoms with E-state index in [1.165, 1.54) is 23.9 Å². The van der Waals surface area contributed by atoms with Crippen molar-refractivity contribution in [2.75, 3.05) is 18.2 Å². The Kier molecular flexibility index (Phi) is 6.80. The topological polar surface area (TPSA) is 40.6 Å². The predicted molar refractivity (Wildman–Crippen MR) is 73.3 cm³/mol. The minimum atomic E-state index is -0.366. The zero-order valence-electron chi connectivity index (χ0n) is 10.5. The number of amides is 2. The summed E-state index contributed by atoms with van der Waals surface area (Å²) in [6.07, 6.45) is 4.37. The van der Waals surface area contributed by atoms with Gasteiger partial charge in [-0.2, -0.15) is 0 Å². The van der Waals surface area contributed by atoms with Gasteiger partial charge in [-0.25, -0.2) is 0 Å². The van der Waals surface area contributed by atoms with Gasteiger partial charge in [0.05, 0.1) is 0 Å². The standard InChI is InChI=1S/C11H20N2O2S2/c1-3-5-7-16-12-9-13(11(15)10(12)14)17-8-6-4-2/h3-9H2,1-2H3. The Balaban J connectivity index is 2.34. The lowest BCUT2D eigenvalue weighted by Crippen LogP contribution is -2.21. The molecule has 0 aromatic heterocycles. The van der Waals surface area contributed by atoms with E-state index in [0.717, 1.165) is 37.2 Å². The zero-order chi connectivity index (χ0) is 12.7. The van der Waals surface area contributed by atoms with Crippen molar-refractivity contribution in [1.82, 2.24) is 8.61 Å². The third kappa shape index (κ3) is 4.43. The second kappa shape index (κ2) is 7.87. The Labute approximate surface area is 112 Å². The van der Waals surface area contributed by atoms with Gasteiger partial charge in [0.25, 0.3) is 0 Å². The Hall–Kier alpha value is -0.360. The highest BCUT2D eigenvalue weighted by molar-refractivity contribution is 7.98. The van der Waals surface area contributed by atoms with Gasteiger partial charge in [0.2, 0.25) is 0 Å². The van der Waals surface area contributed by atoms with Crippen molar-refractivity contribution >= 4 is 35.7 Å². The fourth-order valence-electron chi connectivity index (χ4n) is 1.30. The molecule has 1 rings (SSSR count). The lowest BCUT2D eigenvalue weighted by atomic mass is 10.4. The van der Waals surface area contributed by atoms with Gasteiger partial charge in [0.1, 0.15) is 6.67 Å². The van der Waals surface area contributed by atoms with Gasteiger partial charge >= 0.3 is 11.8 Å². The van der Waals surface area contributed by atoms with Crippen LogP contribution in [0.4, 0.5) is 0 Å². The SMILES string of the molecule is CCCCSN1CN(SCCCC)C(=O)C1=O. The maximum absolute atomic E-state index is 11.6. The minimum Gasteiger partial charge on any atom is -0.262 e. The molecular formula is C11H20N2O2S2. The Morgan fingerprint density at radius 3 is 1.71 bits per heavy atom. The molecule has 0 atom stereocenters. The van der Waals surface area contributed by atoms with Gasteiger partial charge in [-0.05, 0) is 36.7 Å². The van der Waals surface area contributed by atoms with Crippen LogP contribution in [0.2, 0.25) is 0 Å². The van der Waals surface area contributed by atoms with Crippen LogP contribution >= 0.6 is 23.9 Å². The molecule has 0 aromatic rings. The van der Waals surface area contributed by atoms with Crippen LogP contribution in [0.1, 0.15) is 39.5 Å². The van der Waals surface area contributed by atoms with E-state index < -0.39 is 0 Å². The molecule has 6 heteroatoms. The van der Waals surface area contributed by atoms with Gasteiger partial charge in [0, 0.05) is 11.5 Å². The number of carbonyl (C=O) groups is 2. The van der Waals surface area contributed by atoms with Gasteiger partial charge in [-0.15, -0.1) is 0 Å². The summed E-state index contributed by atoms with van der Waals surface area (Å²) in [6.45, 7) is 4.66. The van der Waals surface area contributed by atoms with Crippen molar-refractivity contribution in [3.8, 4) is 0 Å². The van der Waals surface area contributed by atoms with Crippen molar-refractivity contribution in [2.45, 2.75) is 39.5 Å². The lowest BCUT2D eigenvalue weighted by Gasteiger charge is -2.15. The van der Waals surface area contributed by atoms with Gasteiger partial charge < -0.3 is 0 Å². The van der Waals surface area contributed by atoms with Crippen LogP contribution < -0.4 is 0 Å². The molecule has 4 nitrogen and oxygen atoms in total. The van der Waals surface area contributed by atoms with E-state index in [9.17, 15) is 9.59 Å². The zero-order valence-corrected chi connectivity index (χ0v) is 12.1. The fourth-order valence-corrected chi connectivity index (χ4v) is 3.43. The molecule has 0 bridgehead atoms. The average molecular weight is 276 g/mol. The summed E-state index contributed by atoms with van der Waals surface area (Å²) in [5, 5.41) is 0. The van der Waals surface area contributed by atoms with Crippen LogP contribution in [0.15, 0.2) is 0 Å². The quantitative estimate of drug-likeness (QED) is 0.388. The molecule has 0 spiro atoms. The van der Waals surface area contributed by atoms with Crippen LogP contribution in [0.5, 0.6) is 0 Å². The Morgan fingerprint density at radius 2 is 1.35 bits per heavy atom. The predicted octanol–water partition coefficient (Wildman–Crippen LogP) is 2.51. The first kappa shape index (κ1) is 14.7. The molecule has 0 N–H and O–H groups in total. The summed E-state index contributed by atoms with van der Waals surface area (Å²) in [4.78, 5) is 23.3. The van der Waals surface area contributed by atoms with Crippen molar-refractivity contribution in [1.29, 1.82) is 0 Å². The summed E-state index contributed by atoms with van der Waals surface area (Å²) < 4.78 is 3.16. The van der Waals surface area contributed by atoms with E-state index in [0.29, 0.717) is 6.67 Å². The highest BCUT2D eigenvalue weighted by Crippen LogP contribution is 2.25. The smallest absolute Gasteiger partial charge is 0.262 e. The number of hydrogen-bond acceptors (Lipinski definition) is 4. The molecule has 1 saturated heterocycles. The van der Waals surface area contributed by atoms with Gasteiger partial charge in [-0.3, -0.25) is 18.2 Å². The van der Waals surface area contributed by atoms with E-state index >= 15 is 0 Å². The summed E-state index contributed by atoms with van der Waals surface area (Å²) in [7, 11) is 0. The van der Waals surface area contributed by atoms with E-state index in [1.807, 2.05) is 0 Å². The fraction of sp³-hybridized carbons (Fsp3) is 0.818. The third-order valence-electron chi connectivity index (χ3n) is 2.38. The molecule has 1 aliphatic rings. The first-order valence-corrected chi connectivity index (χ1v) is 7.98. The number of hydrogen-bond donors (Lipinski definition) is 0. The molecule has 1 aliphatic heterocycles. The van der Waals surface area contributed by atoms with Crippen molar-refractivity contribution in [3.63, 3.8) is 0 Å². The van der Waals surface area contributed by atoms with E-state index in [2.05, 4.69) is 13.8 Å². The molecule has 0 radical (unpaired) electrons. The number of unbranched alkanes of at least 4 members (excludes halogenated alkanes) is 2. The monoisotopic (exact) mass is 276 g/mol. The summed E-state index contributed by atoms with van der Waals surface area (Å²) >= 11 is 2.94. The number of nitrogens with zero attached hydrogens (tertiary/aromatic N) is 2. The molecule has 1 heterocycles. The Bertz CT molecular complexity index is 248. The van der Waals surface area contributed by atoms with E-state index in [-0.39, 0.29) is 11.8 Å². The molecule has 98 valence electrons. The first-order valence-electron chi connectivity index (χ1n) is 6.09. The number of rotatable bonds is 8. The van der Waals surface area contributed by atoms with Crippen molar-refractivity contribution in [2.24, 2.45) is 0 Å². The van der Waals surface area contributed by atoms with Crippen LogP contribution in [-0.2, 0) is 9.59 Å². The average Bonchev–Trinajstić information content (AvgIpc) is 2.59. The highest BCUT2D eigenvalue weighted by Gasteiger charge is 2.37. The summed E-state index contributed by atoms with van der Waals surface area (Å²) in [6, 6.07) is 0. The molecule has 2 amide bonds. The van der Waals surface area contributed by atoms with Gasteiger partial charge in [0.15, 0.2) is 0 Å². The number of carbonyl (C=O) groups excluding carboxylic acids is 2. The van der Waals surface area contributed by atoms with Gasteiger partial charge in [-0.1, -0.05) is 26.7 Å². The van der Waals surface area contributed by atoms with Crippen LogP contribution in [0, 0.1) is 0 Å². The maximum atomic E-state index is 11.6. The van der Waals surface area contributed by atoms with E-state index in [1.54, 1.807) is 8.61 Å². The molecule has 0 aromatic carbocycles. The molecule has 1 fully saturated rings. The second-order valence-corrected chi connectivity index (χ2v) is 6.10. The first-order chi connectivity index (χ1) is 8.20. The normalized spacial score (nSPS) is 16.1. The van der Waals surface area contributed by atoms with Crippen LogP contribution in [0.3, 0.4) is 0 Å². The third-order valence-corrected chi connectivity index (χ3v) is 4.51. The molecule has 0 unspecified atom stereocenters. The van der Waals surface area contributed by atoms with Crippen molar-refractivity contribution in [3.05, 3.63) is 0 Å². The lowest BCUT2D eigenvalue weighted by molar-refractivity contribution is -0.139.